The van der Waals surface area contributed by atoms with E-state index in [0.717, 1.165) is 4.47 Å². The molecule has 0 bridgehead atoms. The second kappa shape index (κ2) is 6.26. The number of hydrogen-bond donors (Lipinski definition) is 1. The van der Waals surface area contributed by atoms with Crippen molar-refractivity contribution >= 4 is 27.5 Å². The third kappa shape index (κ3) is 3.18. The maximum absolute atomic E-state index is 11.0. The Morgan fingerprint density at radius 3 is 2.33 bits per heavy atom. The van der Waals surface area contributed by atoms with E-state index < -0.39 is 5.60 Å². The molecule has 3 nitrogen and oxygen atoms in total. The number of methoxy groups -OCH3 is 2. The van der Waals surface area contributed by atoms with E-state index in [1.165, 1.54) is 0 Å². The summed E-state index contributed by atoms with van der Waals surface area (Å²) >= 11 is 9.63. The predicted molar refractivity (Wildman–Crippen MR) is 87.4 cm³/mol. The van der Waals surface area contributed by atoms with Gasteiger partial charge in [0.2, 0.25) is 0 Å². The molecule has 1 N–H and O–H groups in total. The molecule has 21 heavy (non-hydrogen) atoms. The Morgan fingerprint density at radius 2 is 1.76 bits per heavy atom. The van der Waals surface area contributed by atoms with Crippen LogP contribution in [0.2, 0.25) is 5.02 Å². The summed E-state index contributed by atoms with van der Waals surface area (Å²) in [5, 5.41) is 11.5. The number of ether oxygens (including phenoxy) is 2. The van der Waals surface area contributed by atoms with Gasteiger partial charge in [0.25, 0.3) is 0 Å². The van der Waals surface area contributed by atoms with E-state index in [4.69, 9.17) is 21.1 Å². The molecule has 0 aliphatic carbocycles. The Balaban J connectivity index is 2.61. The van der Waals surface area contributed by atoms with E-state index in [9.17, 15) is 5.11 Å². The van der Waals surface area contributed by atoms with Gasteiger partial charge < -0.3 is 14.6 Å². The summed E-state index contributed by atoms with van der Waals surface area (Å²) in [7, 11) is 3.14. The lowest BCUT2D eigenvalue weighted by atomic mass is 9.87. The molecule has 0 heterocycles. The van der Waals surface area contributed by atoms with E-state index in [1.54, 1.807) is 51.5 Å². The van der Waals surface area contributed by atoms with Crippen molar-refractivity contribution < 1.29 is 14.6 Å². The Kier molecular flexibility index (Phi) is 4.81. The molecule has 0 aliphatic rings. The molecule has 5 heteroatoms. The number of hydrogen-bond acceptors (Lipinski definition) is 3. The minimum Gasteiger partial charge on any atom is -0.497 e. The quantitative estimate of drug-likeness (QED) is 0.867. The topological polar surface area (TPSA) is 38.7 Å². The third-order valence-corrected chi connectivity index (χ3v) is 4.19. The SMILES string of the molecule is COc1ccc(OC)c(C(C)(O)c2ccc(Br)cc2Cl)c1. The van der Waals surface area contributed by atoms with E-state index in [1.807, 2.05) is 6.07 Å². The third-order valence-electron chi connectivity index (χ3n) is 3.39. The Morgan fingerprint density at radius 1 is 1.05 bits per heavy atom. The van der Waals surface area contributed by atoms with Crippen molar-refractivity contribution in [3.8, 4) is 11.5 Å². The molecule has 0 radical (unpaired) electrons. The Bertz CT molecular complexity index is 656. The number of halogens is 2. The van der Waals surface area contributed by atoms with Gasteiger partial charge in [0, 0.05) is 20.6 Å². The fraction of sp³-hybridized carbons (Fsp3) is 0.250. The van der Waals surface area contributed by atoms with Gasteiger partial charge in [-0.15, -0.1) is 0 Å². The van der Waals surface area contributed by atoms with Crippen molar-refractivity contribution in [3.05, 3.63) is 57.0 Å². The molecular formula is C16H16BrClO3. The van der Waals surface area contributed by atoms with Crippen LogP contribution in [0.25, 0.3) is 0 Å². The molecule has 0 saturated heterocycles. The van der Waals surface area contributed by atoms with Crippen molar-refractivity contribution in [2.24, 2.45) is 0 Å². The van der Waals surface area contributed by atoms with Crippen LogP contribution in [0, 0.1) is 0 Å². The zero-order valence-corrected chi connectivity index (χ0v) is 14.3. The minimum atomic E-state index is -1.31. The average Bonchev–Trinajstić information content (AvgIpc) is 2.46. The minimum absolute atomic E-state index is 0.472. The maximum Gasteiger partial charge on any atom is 0.125 e. The van der Waals surface area contributed by atoms with Crippen LogP contribution in [0.5, 0.6) is 11.5 Å². The summed E-state index contributed by atoms with van der Waals surface area (Å²) in [6.45, 7) is 1.68. The Labute approximate surface area is 137 Å². The summed E-state index contributed by atoms with van der Waals surface area (Å²) in [4.78, 5) is 0. The zero-order chi connectivity index (χ0) is 15.6. The smallest absolute Gasteiger partial charge is 0.125 e. The summed E-state index contributed by atoms with van der Waals surface area (Å²) in [5.74, 6) is 1.21. The molecule has 0 amide bonds. The van der Waals surface area contributed by atoms with Gasteiger partial charge in [-0.25, -0.2) is 0 Å². The van der Waals surface area contributed by atoms with E-state index >= 15 is 0 Å². The van der Waals surface area contributed by atoms with Gasteiger partial charge >= 0.3 is 0 Å². The first-order valence-electron chi connectivity index (χ1n) is 6.30. The van der Waals surface area contributed by atoms with Crippen LogP contribution in [0.1, 0.15) is 18.1 Å². The Hall–Kier alpha value is -1.23. The first kappa shape index (κ1) is 16.1. The van der Waals surface area contributed by atoms with Gasteiger partial charge in [-0.05, 0) is 37.3 Å². The fourth-order valence-electron chi connectivity index (χ4n) is 2.22. The van der Waals surface area contributed by atoms with Gasteiger partial charge in [0.05, 0.1) is 14.2 Å². The second-order valence-electron chi connectivity index (χ2n) is 4.76. The highest BCUT2D eigenvalue weighted by atomic mass is 79.9. The maximum atomic E-state index is 11.0. The van der Waals surface area contributed by atoms with Crippen LogP contribution < -0.4 is 9.47 Å². The van der Waals surface area contributed by atoms with E-state index in [-0.39, 0.29) is 0 Å². The van der Waals surface area contributed by atoms with E-state index in [2.05, 4.69) is 15.9 Å². The first-order chi connectivity index (χ1) is 9.90. The highest BCUT2D eigenvalue weighted by molar-refractivity contribution is 9.10. The first-order valence-corrected chi connectivity index (χ1v) is 7.47. The number of aliphatic hydroxyl groups is 1. The largest absolute Gasteiger partial charge is 0.497 e. The lowest BCUT2D eigenvalue weighted by Gasteiger charge is -2.27. The molecule has 0 aliphatic heterocycles. The van der Waals surface area contributed by atoms with Crippen molar-refractivity contribution in [2.45, 2.75) is 12.5 Å². The van der Waals surface area contributed by atoms with Gasteiger partial charge in [-0.3, -0.25) is 0 Å². The molecule has 0 spiro atoms. The summed E-state index contributed by atoms with van der Waals surface area (Å²) in [6, 6.07) is 10.7. The van der Waals surface area contributed by atoms with Crippen molar-refractivity contribution in [1.29, 1.82) is 0 Å². The van der Waals surface area contributed by atoms with Crippen LogP contribution in [-0.4, -0.2) is 19.3 Å². The number of rotatable bonds is 4. The van der Waals surface area contributed by atoms with Crippen LogP contribution in [0.4, 0.5) is 0 Å². The average molecular weight is 372 g/mol. The zero-order valence-electron chi connectivity index (χ0n) is 12.0. The van der Waals surface area contributed by atoms with Crippen molar-refractivity contribution in [3.63, 3.8) is 0 Å². The van der Waals surface area contributed by atoms with Crippen LogP contribution in [0.15, 0.2) is 40.9 Å². The summed E-state index contributed by atoms with van der Waals surface area (Å²) in [6.07, 6.45) is 0. The van der Waals surface area contributed by atoms with Crippen LogP contribution in [0.3, 0.4) is 0 Å². The van der Waals surface area contributed by atoms with Crippen molar-refractivity contribution in [1.82, 2.24) is 0 Å². The van der Waals surface area contributed by atoms with Gasteiger partial charge in [0.1, 0.15) is 17.1 Å². The molecule has 0 saturated carbocycles. The highest BCUT2D eigenvalue weighted by Crippen LogP contribution is 2.40. The fourth-order valence-corrected chi connectivity index (χ4v) is 3.08. The summed E-state index contributed by atoms with van der Waals surface area (Å²) in [5.41, 5.74) is -0.120. The molecule has 0 fully saturated rings. The highest BCUT2D eigenvalue weighted by Gasteiger charge is 2.31. The molecule has 0 aromatic heterocycles. The van der Waals surface area contributed by atoms with Crippen molar-refractivity contribution in [2.75, 3.05) is 14.2 Å². The number of benzene rings is 2. The van der Waals surface area contributed by atoms with E-state index in [0.29, 0.717) is 27.6 Å². The van der Waals surface area contributed by atoms with Gasteiger partial charge in [-0.2, -0.15) is 0 Å². The molecular weight excluding hydrogens is 356 g/mol. The molecule has 2 aromatic rings. The van der Waals surface area contributed by atoms with Crippen LogP contribution in [-0.2, 0) is 5.60 Å². The lowest BCUT2D eigenvalue weighted by molar-refractivity contribution is 0.0987. The molecule has 1 atom stereocenters. The molecule has 1 unspecified atom stereocenters. The molecule has 112 valence electrons. The van der Waals surface area contributed by atoms with Gasteiger partial charge in [0.15, 0.2) is 0 Å². The predicted octanol–water partition coefficient (Wildman–Crippen LogP) is 4.38. The lowest BCUT2D eigenvalue weighted by Crippen LogP contribution is -2.24. The molecule has 2 aromatic carbocycles. The summed E-state index contributed by atoms with van der Waals surface area (Å²) < 4.78 is 11.4. The normalized spacial score (nSPS) is 13.6. The van der Waals surface area contributed by atoms with Crippen LogP contribution >= 0.6 is 27.5 Å². The second-order valence-corrected chi connectivity index (χ2v) is 6.09. The monoisotopic (exact) mass is 370 g/mol. The standard InChI is InChI=1S/C16H16BrClO3/c1-16(19,12-6-4-10(17)8-14(12)18)13-9-11(20-2)5-7-15(13)21-3/h4-9,19H,1-3H3. The molecule has 2 rings (SSSR count). The van der Waals surface area contributed by atoms with Gasteiger partial charge in [-0.1, -0.05) is 33.6 Å².